The zero-order valence-electron chi connectivity index (χ0n) is 53.3. The Kier molecular flexibility index (Phi) is 30.9. The molecule has 1 heterocycles. The van der Waals surface area contributed by atoms with E-state index in [1.807, 2.05) is 7.11 Å². The van der Waals surface area contributed by atoms with E-state index in [2.05, 4.69) is 257 Å². The van der Waals surface area contributed by atoms with Gasteiger partial charge in [0.05, 0.1) is 60.8 Å². The van der Waals surface area contributed by atoms with Crippen LogP contribution in [-0.4, -0.2) is 63.4 Å². The molecule has 6 atom stereocenters. The molecule has 8 aromatic rings. The Balaban J connectivity index is 0.000000198. The molecule has 3 nitrogen and oxygen atoms in total. The van der Waals surface area contributed by atoms with Crippen LogP contribution >= 0.6 is 30.4 Å². The summed E-state index contributed by atoms with van der Waals surface area (Å²) in [7, 11) is -2.20. The molecule has 0 radical (unpaired) electrons. The van der Waals surface area contributed by atoms with Gasteiger partial charge < -0.3 is 14.6 Å². The molecule has 5 aliphatic rings. The van der Waals surface area contributed by atoms with Gasteiger partial charge >= 0.3 is 0 Å². The Morgan fingerprint density at radius 1 is 0.364 bits per heavy atom. The number of aliphatic hydroxyl groups is 1. The SMILES string of the molecule is C1CCCC1.C1CCCC1.C1CCOC1.CO[C@@H](c1ccccc1P(c1ccccc1)c1ccccc1)C1CCCC1[P+](C)(C)c1ccccc1.C[P+](C)(c1ccccc1)C1CCCC1[C@@H](O)c1ccccc1P(c1ccccc1)c1ccccc1.[Fe].[Fe]. The van der Waals surface area contributed by atoms with Crippen molar-refractivity contribution in [2.24, 2.45) is 11.8 Å². The summed E-state index contributed by atoms with van der Waals surface area (Å²) in [6.07, 6.45) is 24.6. The van der Waals surface area contributed by atoms with Crippen molar-refractivity contribution in [3.8, 4) is 0 Å². The first kappa shape index (κ1) is 71.8. The van der Waals surface area contributed by atoms with Crippen LogP contribution in [0.4, 0.5) is 0 Å². The van der Waals surface area contributed by atoms with Gasteiger partial charge in [0.15, 0.2) is 0 Å². The first-order valence-electron chi connectivity index (χ1n) is 32.7. The van der Waals surface area contributed by atoms with Crippen LogP contribution in [0.5, 0.6) is 0 Å². The molecule has 13 rings (SSSR count). The molecule has 9 heteroatoms. The van der Waals surface area contributed by atoms with Crippen molar-refractivity contribution in [1.29, 1.82) is 0 Å². The fourth-order valence-corrected chi connectivity index (χ4v) is 26.2. The van der Waals surface area contributed by atoms with Gasteiger partial charge in [-0.25, -0.2) is 0 Å². The number of methoxy groups -OCH3 is 1. The van der Waals surface area contributed by atoms with E-state index in [-0.39, 0.29) is 40.2 Å². The largest absolute Gasteiger partial charge is 0.388 e. The van der Waals surface area contributed by atoms with E-state index in [4.69, 9.17) is 9.47 Å². The van der Waals surface area contributed by atoms with E-state index in [9.17, 15) is 5.11 Å². The Labute approximate surface area is 557 Å². The molecule has 1 aliphatic heterocycles. The number of benzene rings is 8. The van der Waals surface area contributed by atoms with Crippen LogP contribution in [0.25, 0.3) is 0 Å². The fraction of sp³-hybridized carbons (Fsp3) is 0.392. The molecule has 5 fully saturated rings. The van der Waals surface area contributed by atoms with Crippen LogP contribution in [0.1, 0.15) is 139 Å². The van der Waals surface area contributed by atoms with E-state index in [1.165, 1.54) is 152 Å². The quantitative estimate of drug-likeness (QED) is 0.0821. The molecule has 8 aromatic carbocycles. The summed E-state index contributed by atoms with van der Waals surface area (Å²) in [5, 5.41) is 23.2. The molecule has 1 N–H and O–H groups in total. The predicted octanol–water partition coefficient (Wildman–Crippen LogP) is 17.8. The van der Waals surface area contributed by atoms with Crippen molar-refractivity contribution in [3.63, 3.8) is 0 Å². The van der Waals surface area contributed by atoms with Crippen LogP contribution in [0.15, 0.2) is 231 Å². The molecule has 4 unspecified atom stereocenters. The topological polar surface area (TPSA) is 38.7 Å². The molecule has 88 heavy (non-hydrogen) atoms. The molecule has 468 valence electrons. The van der Waals surface area contributed by atoms with Gasteiger partial charge in [0, 0.05) is 80.8 Å². The number of hydrogen-bond donors (Lipinski definition) is 1. The normalized spacial score (nSPS) is 19.4. The smallest absolute Gasteiger partial charge is 0.0936 e. The van der Waals surface area contributed by atoms with Gasteiger partial charge in [-0.15, -0.1) is 0 Å². The van der Waals surface area contributed by atoms with Crippen LogP contribution in [0.3, 0.4) is 0 Å². The standard InChI is InChI=1S/C33H37OP2.C32H35OP2.2C5H10.C4H8O.2Fe/c1-34-33(30-23-15-25-32(30)36(2,3)28-20-11-6-12-21-28)29-22-13-14-24-31(29)35(26-16-7-4-8-17-26)27-18-9-5-10-19-27;1-35(2,27-19-10-5-11-20-27)31-24-14-22-29(31)32(33)28-21-12-13-23-30(28)34(25-15-6-3-7-16-25)26-17-8-4-9-18-26;3*1-2-4-5-3-1;;/h4-14,16-22,24,30,32-33H,15,23,25H2,1-3H3;3-13,15-21,23,29,31-33H,14,22,24H2,1-2H3;2*1-5H2;1-4H2;;/q2*+1;;;;;/t30?,32?,33-;29?,31?,32-;;;;;/m00...../s1. The average Bonchev–Trinajstić information content (AvgIpc) is 3.89. The monoisotopic (exact) mass is 1330 g/mol. The predicted molar refractivity (Wildman–Crippen MR) is 383 cm³/mol. The van der Waals surface area contributed by atoms with Gasteiger partial charge in [-0.2, -0.15) is 0 Å². The number of aliphatic hydroxyl groups excluding tert-OH is 1. The second-order valence-electron chi connectivity index (χ2n) is 25.2. The Bertz CT molecular complexity index is 3020. The molecule has 1 saturated heterocycles. The van der Waals surface area contributed by atoms with Crippen molar-refractivity contribution in [2.45, 2.75) is 139 Å². The van der Waals surface area contributed by atoms with Crippen molar-refractivity contribution in [2.75, 3.05) is 47.0 Å². The number of rotatable bonds is 15. The van der Waals surface area contributed by atoms with Crippen LogP contribution < -0.4 is 42.4 Å². The first-order chi connectivity index (χ1) is 42.2. The summed E-state index contributed by atoms with van der Waals surface area (Å²) in [4.78, 5) is 0. The molecular formula is C79H100Fe2O3P4+2. The van der Waals surface area contributed by atoms with Gasteiger partial charge in [-0.1, -0.05) is 270 Å². The summed E-state index contributed by atoms with van der Waals surface area (Å²) in [6, 6.07) is 83.8. The molecule has 4 aliphatic carbocycles. The number of hydrogen-bond acceptors (Lipinski definition) is 3. The van der Waals surface area contributed by atoms with Crippen LogP contribution in [-0.2, 0) is 43.6 Å². The van der Waals surface area contributed by atoms with Crippen molar-refractivity contribution in [1.82, 2.24) is 0 Å². The van der Waals surface area contributed by atoms with Gasteiger partial charge in [-0.05, 0) is 134 Å². The van der Waals surface area contributed by atoms with Gasteiger partial charge in [0.1, 0.15) is 0 Å². The van der Waals surface area contributed by atoms with Crippen molar-refractivity contribution < 1.29 is 48.7 Å². The maximum Gasteiger partial charge on any atom is 0.0936 e. The van der Waals surface area contributed by atoms with Crippen LogP contribution in [0, 0.1) is 11.8 Å². The van der Waals surface area contributed by atoms with Crippen LogP contribution in [0.2, 0.25) is 0 Å². The third-order valence-corrected chi connectivity index (χ3v) is 31.9. The third-order valence-electron chi connectivity index (χ3n) is 19.0. The zero-order chi connectivity index (χ0) is 59.8. The molecular weight excluding hydrogens is 1230 g/mol. The molecule has 0 aromatic heterocycles. The summed E-state index contributed by atoms with van der Waals surface area (Å²) in [6.45, 7) is 12.0. The van der Waals surface area contributed by atoms with Crippen molar-refractivity contribution >= 4 is 72.8 Å². The zero-order valence-corrected chi connectivity index (χ0v) is 59.1. The first-order valence-corrected chi connectivity index (χ1v) is 40.9. The maximum absolute atomic E-state index is 12.1. The molecule has 0 amide bonds. The fourth-order valence-electron chi connectivity index (χ4n) is 14.3. The summed E-state index contributed by atoms with van der Waals surface area (Å²) in [5.74, 6) is 0.825. The second-order valence-corrected chi connectivity index (χ2v) is 38.1. The minimum atomic E-state index is -1.38. The summed E-state index contributed by atoms with van der Waals surface area (Å²) >= 11 is 0. The van der Waals surface area contributed by atoms with E-state index < -0.39 is 36.5 Å². The summed E-state index contributed by atoms with van der Waals surface area (Å²) in [5.41, 5.74) is 3.73. The van der Waals surface area contributed by atoms with E-state index in [0.717, 1.165) is 25.2 Å². The van der Waals surface area contributed by atoms with E-state index in [0.29, 0.717) is 23.2 Å². The van der Waals surface area contributed by atoms with Crippen molar-refractivity contribution in [3.05, 3.63) is 242 Å². The third kappa shape index (κ3) is 19.5. The Morgan fingerprint density at radius 2 is 0.659 bits per heavy atom. The van der Waals surface area contributed by atoms with Gasteiger partial charge in [0.2, 0.25) is 0 Å². The Hall–Kier alpha value is -3.60. The minimum Gasteiger partial charge on any atom is -0.388 e. The average molecular weight is 1330 g/mol. The van der Waals surface area contributed by atoms with E-state index in [1.54, 1.807) is 5.30 Å². The summed E-state index contributed by atoms with van der Waals surface area (Å²) < 4.78 is 11.4. The second kappa shape index (κ2) is 37.8. The molecule has 0 spiro atoms. The number of ether oxygens (including phenoxy) is 2. The van der Waals surface area contributed by atoms with E-state index >= 15 is 0 Å². The molecule has 0 bridgehead atoms. The van der Waals surface area contributed by atoms with Gasteiger partial charge in [-0.3, -0.25) is 0 Å². The Morgan fingerprint density at radius 3 is 1.00 bits per heavy atom. The molecule has 4 saturated carbocycles. The maximum atomic E-state index is 12.1. The van der Waals surface area contributed by atoms with Gasteiger partial charge in [0.25, 0.3) is 0 Å². The minimum absolute atomic E-state index is 0.